The highest BCUT2D eigenvalue weighted by atomic mass is 79.9. The minimum absolute atomic E-state index is 0.146. The van der Waals surface area contributed by atoms with Gasteiger partial charge in [0, 0.05) is 5.92 Å². The van der Waals surface area contributed by atoms with E-state index in [2.05, 4.69) is 15.9 Å². The van der Waals surface area contributed by atoms with Crippen molar-refractivity contribution in [2.75, 3.05) is 6.61 Å². The van der Waals surface area contributed by atoms with E-state index in [1.807, 2.05) is 6.92 Å². The Balaban J connectivity index is 2.09. The van der Waals surface area contributed by atoms with Gasteiger partial charge in [-0.2, -0.15) is 0 Å². The molecule has 2 heterocycles. The van der Waals surface area contributed by atoms with Gasteiger partial charge in [0.15, 0.2) is 0 Å². The average Bonchev–Trinajstić information content (AvgIpc) is 2.73. The van der Waals surface area contributed by atoms with Gasteiger partial charge in [0.2, 0.25) is 0 Å². The van der Waals surface area contributed by atoms with Crippen molar-refractivity contribution >= 4 is 15.9 Å². The lowest BCUT2D eigenvalue weighted by atomic mass is 9.98. The van der Waals surface area contributed by atoms with Crippen LogP contribution in [-0.4, -0.2) is 17.8 Å². The van der Waals surface area contributed by atoms with E-state index >= 15 is 0 Å². The summed E-state index contributed by atoms with van der Waals surface area (Å²) in [5.41, 5.74) is 0. The Bertz CT molecular complexity index is 310. The molecule has 0 bridgehead atoms. The normalized spacial score (nSPS) is 29.4. The molecule has 2 rings (SSSR count). The summed E-state index contributed by atoms with van der Waals surface area (Å²) in [5.74, 6) is 0.750. The first-order chi connectivity index (χ1) is 6.68. The van der Waals surface area contributed by atoms with Gasteiger partial charge >= 0.3 is 0 Å². The van der Waals surface area contributed by atoms with E-state index in [1.165, 1.54) is 0 Å². The van der Waals surface area contributed by atoms with Gasteiger partial charge in [0.25, 0.3) is 0 Å². The average molecular weight is 261 g/mol. The first-order valence-corrected chi connectivity index (χ1v) is 5.50. The Labute approximate surface area is 91.2 Å². The molecule has 14 heavy (non-hydrogen) atoms. The molecule has 1 aromatic rings. The van der Waals surface area contributed by atoms with Crippen LogP contribution in [0.5, 0.6) is 0 Å². The third kappa shape index (κ3) is 1.87. The maximum absolute atomic E-state index is 10.0. The monoisotopic (exact) mass is 260 g/mol. The molecule has 0 amide bonds. The largest absolute Gasteiger partial charge is 0.465 e. The topological polar surface area (TPSA) is 42.6 Å². The van der Waals surface area contributed by atoms with E-state index in [1.54, 1.807) is 12.3 Å². The molecule has 3 nitrogen and oxygen atoms in total. The van der Waals surface area contributed by atoms with Crippen molar-refractivity contribution in [2.45, 2.75) is 25.6 Å². The molecule has 3 atom stereocenters. The second kappa shape index (κ2) is 4.04. The third-order valence-corrected chi connectivity index (χ3v) is 3.24. The van der Waals surface area contributed by atoms with Gasteiger partial charge in [-0.25, -0.2) is 0 Å². The summed E-state index contributed by atoms with van der Waals surface area (Å²) in [6, 6.07) is 1.79. The van der Waals surface area contributed by atoms with E-state index in [9.17, 15) is 5.11 Å². The van der Waals surface area contributed by atoms with Gasteiger partial charge in [-0.05, 0) is 35.3 Å². The van der Waals surface area contributed by atoms with Gasteiger partial charge in [-0.1, -0.05) is 0 Å². The molecule has 0 radical (unpaired) electrons. The Morgan fingerprint density at radius 2 is 2.43 bits per heavy atom. The summed E-state index contributed by atoms with van der Waals surface area (Å²) in [4.78, 5) is 0. The van der Waals surface area contributed by atoms with Crippen LogP contribution in [0.25, 0.3) is 0 Å². The number of aliphatic hydroxyl groups is 1. The molecule has 4 heteroatoms. The lowest BCUT2D eigenvalue weighted by molar-refractivity contribution is 0.0665. The lowest BCUT2D eigenvalue weighted by Gasteiger charge is -2.14. The molecule has 0 spiro atoms. The Morgan fingerprint density at radius 3 is 2.93 bits per heavy atom. The van der Waals surface area contributed by atoms with Gasteiger partial charge in [-0.3, -0.25) is 0 Å². The van der Waals surface area contributed by atoms with Crippen molar-refractivity contribution in [3.63, 3.8) is 0 Å². The second-order valence-electron chi connectivity index (χ2n) is 3.72. The molecule has 0 aliphatic carbocycles. The summed E-state index contributed by atoms with van der Waals surface area (Å²) in [6.07, 6.45) is 2.13. The van der Waals surface area contributed by atoms with E-state index in [0.717, 1.165) is 10.9 Å². The van der Waals surface area contributed by atoms with Gasteiger partial charge in [-0.15, -0.1) is 0 Å². The molecule has 1 saturated heterocycles. The Hall–Kier alpha value is -0.320. The van der Waals surface area contributed by atoms with Crippen molar-refractivity contribution in [3.8, 4) is 0 Å². The molecule has 3 unspecified atom stereocenters. The summed E-state index contributed by atoms with van der Waals surface area (Å²) >= 11 is 3.33. The number of rotatable bonds is 2. The summed E-state index contributed by atoms with van der Waals surface area (Å²) in [7, 11) is 0. The van der Waals surface area contributed by atoms with Crippen LogP contribution >= 0.6 is 15.9 Å². The number of hydrogen-bond donors (Lipinski definition) is 1. The van der Waals surface area contributed by atoms with Crippen molar-refractivity contribution < 1.29 is 14.3 Å². The van der Waals surface area contributed by atoms with Crippen LogP contribution in [0.15, 0.2) is 21.2 Å². The quantitative estimate of drug-likeness (QED) is 0.889. The molecule has 0 saturated carbocycles. The van der Waals surface area contributed by atoms with Crippen molar-refractivity contribution in [1.29, 1.82) is 0 Å². The number of furan rings is 1. The first-order valence-electron chi connectivity index (χ1n) is 4.71. The number of ether oxygens (including phenoxy) is 1. The van der Waals surface area contributed by atoms with Crippen molar-refractivity contribution in [2.24, 2.45) is 5.92 Å². The first kappa shape index (κ1) is 10.2. The predicted molar refractivity (Wildman–Crippen MR) is 54.9 cm³/mol. The second-order valence-corrected chi connectivity index (χ2v) is 4.57. The molecular formula is C10H13BrO3. The third-order valence-electron chi connectivity index (χ3n) is 2.59. The van der Waals surface area contributed by atoms with E-state index < -0.39 is 6.10 Å². The van der Waals surface area contributed by atoms with E-state index in [0.29, 0.717) is 12.4 Å². The highest BCUT2D eigenvalue weighted by Gasteiger charge is 2.31. The molecular weight excluding hydrogens is 248 g/mol. The highest BCUT2D eigenvalue weighted by Crippen LogP contribution is 2.35. The molecule has 0 aromatic carbocycles. The van der Waals surface area contributed by atoms with Gasteiger partial charge in [0.05, 0.1) is 23.4 Å². The minimum Gasteiger partial charge on any atom is -0.465 e. The predicted octanol–water partition coefficient (Wildman–Crippen LogP) is 2.50. The van der Waals surface area contributed by atoms with Crippen LogP contribution in [0.2, 0.25) is 0 Å². The Kier molecular flexibility index (Phi) is 2.95. The smallest absolute Gasteiger partial charge is 0.146 e. The molecule has 1 fully saturated rings. The summed E-state index contributed by atoms with van der Waals surface area (Å²) in [5, 5.41) is 10.0. The zero-order valence-corrected chi connectivity index (χ0v) is 9.53. The summed E-state index contributed by atoms with van der Waals surface area (Å²) in [6.45, 7) is 2.62. The van der Waals surface area contributed by atoms with E-state index in [4.69, 9.17) is 9.15 Å². The molecule has 1 aliphatic heterocycles. The van der Waals surface area contributed by atoms with Crippen LogP contribution in [0.3, 0.4) is 0 Å². The molecule has 1 aromatic heterocycles. The van der Waals surface area contributed by atoms with Crippen molar-refractivity contribution in [1.82, 2.24) is 0 Å². The van der Waals surface area contributed by atoms with Gasteiger partial charge < -0.3 is 14.3 Å². The van der Waals surface area contributed by atoms with Crippen molar-refractivity contribution in [3.05, 3.63) is 22.6 Å². The van der Waals surface area contributed by atoms with Crippen LogP contribution in [-0.2, 0) is 4.74 Å². The Morgan fingerprint density at radius 1 is 1.64 bits per heavy atom. The minimum atomic E-state index is -0.565. The fourth-order valence-corrected chi connectivity index (χ4v) is 2.24. The number of hydrogen-bond acceptors (Lipinski definition) is 3. The maximum atomic E-state index is 10.0. The maximum Gasteiger partial charge on any atom is 0.146 e. The standard InChI is InChI=1S/C10H13BrO3/c1-6-4-7(5-14-6)9(12)10-8(11)2-3-13-10/h2-3,6-7,9,12H,4-5H2,1H3. The summed E-state index contributed by atoms with van der Waals surface area (Å²) < 4.78 is 11.5. The molecule has 1 N–H and O–H groups in total. The zero-order chi connectivity index (χ0) is 10.1. The SMILES string of the molecule is CC1CC(C(O)c2occc2Br)CO1. The molecule has 1 aliphatic rings. The lowest BCUT2D eigenvalue weighted by Crippen LogP contribution is -2.12. The highest BCUT2D eigenvalue weighted by molar-refractivity contribution is 9.10. The van der Waals surface area contributed by atoms with Crippen LogP contribution in [0.1, 0.15) is 25.2 Å². The van der Waals surface area contributed by atoms with E-state index in [-0.39, 0.29) is 12.0 Å². The van der Waals surface area contributed by atoms with Gasteiger partial charge in [0.1, 0.15) is 11.9 Å². The number of aliphatic hydroxyl groups excluding tert-OH is 1. The number of halogens is 1. The fourth-order valence-electron chi connectivity index (χ4n) is 1.80. The van der Waals surface area contributed by atoms with Crippen LogP contribution in [0.4, 0.5) is 0 Å². The fraction of sp³-hybridized carbons (Fsp3) is 0.600. The zero-order valence-electron chi connectivity index (χ0n) is 7.94. The molecule has 78 valence electrons. The van der Waals surface area contributed by atoms with Crippen LogP contribution in [0, 0.1) is 5.92 Å². The van der Waals surface area contributed by atoms with Crippen LogP contribution < -0.4 is 0 Å².